The number of nitrogens with zero attached hydrogens (tertiary/aromatic N) is 1. The molecule has 0 spiro atoms. The minimum atomic E-state index is -0.0971. The lowest BCUT2D eigenvalue weighted by Crippen LogP contribution is -2.33. The van der Waals surface area contributed by atoms with E-state index in [0.717, 1.165) is 12.1 Å². The Hall–Kier alpha value is -1.58. The van der Waals surface area contributed by atoms with E-state index in [2.05, 4.69) is 22.5 Å². The maximum atomic E-state index is 12.0. The zero-order valence-corrected chi connectivity index (χ0v) is 12.2. The fraction of sp³-hybridized carbons (Fsp3) is 0.600. The van der Waals surface area contributed by atoms with E-state index in [0.29, 0.717) is 5.69 Å². The zero-order valence-electron chi connectivity index (χ0n) is 12.2. The van der Waals surface area contributed by atoms with Crippen LogP contribution in [0.5, 0.6) is 0 Å². The smallest absolute Gasteiger partial charge is 0.270 e. The van der Waals surface area contributed by atoms with Crippen LogP contribution in [0.2, 0.25) is 0 Å². The average molecular weight is 263 g/mol. The fourth-order valence-corrected chi connectivity index (χ4v) is 1.96. The Morgan fingerprint density at radius 2 is 2.16 bits per heavy atom. The minimum Gasteiger partial charge on any atom is -0.388 e. The molecule has 19 heavy (non-hydrogen) atoms. The van der Waals surface area contributed by atoms with E-state index in [-0.39, 0.29) is 11.9 Å². The molecule has 4 nitrogen and oxygen atoms in total. The number of hydrogen-bond donors (Lipinski definition) is 2. The Balaban J connectivity index is 2.40. The maximum absolute atomic E-state index is 12.0. The predicted octanol–water partition coefficient (Wildman–Crippen LogP) is 3.21. The van der Waals surface area contributed by atoms with Crippen LogP contribution in [0, 0.1) is 0 Å². The van der Waals surface area contributed by atoms with Crippen molar-refractivity contribution in [2.45, 2.75) is 52.0 Å². The molecule has 0 aliphatic rings. The molecule has 2 N–H and O–H groups in total. The second-order valence-electron chi connectivity index (χ2n) is 4.90. The summed E-state index contributed by atoms with van der Waals surface area (Å²) >= 11 is 0. The van der Waals surface area contributed by atoms with Crippen molar-refractivity contribution in [3.63, 3.8) is 0 Å². The van der Waals surface area contributed by atoms with Gasteiger partial charge in [-0.15, -0.1) is 0 Å². The lowest BCUT2D eigenvalue weighted by molar-refractivity contribution is 0.0933. The van der Waals surface area contributed by atoms with Gasteiger partial charge in [-0.25, -0.2) is 0 Å². The van der Waals surface area contributed by atoms with E-state index in [4.69, 9.17) is 0 Å². The Kier molecular flexibility index (Phi) is 6.93. The van der Waals surface area contributed by atoms with Gasteiger partial charge in [0.25, 0.3) is 5.91 Å². The van der Waals surface area contributed by atoms with Gasteiger partial charge >= 0.3 is 0 Å². The highest BCUT2D eigenvalue weighted by atomic mass is 16.1. The van der Waals surface area contributed by atoms with Crippen LogP contribution in [0.4, 0.5) is 5.69 Å². The average Bonchev–Trinajstić information content (AvgIpc) is 2.43. The van der Waals surface area contributed by atoms with Gasteiger partial charge in [-0.05, 0) is 25.5 Å². The van der Waals surface area contributed by atoms with E-state index in [1.54, 1.807) is 12.3 Å². The Bertz CT molecular complexity index is 393. The Morgan fingerprint density at radius 3 is 2.84 bits per heavy atom. The van der Waals surface area contributed by atoms with Crippen molar-refractivity contribution in [3.05, 3.63) is 24.0 Å². The van der Waals surface area contributed by atoms with Crippen LogP contribution in [-0.2, 0) is 0 Å². The van der Waals surface area contributed by atoms with Crippen LogP contribution < -0.4 is 10.6 Å². The third-order valence-corrected chi connectivity index (χ3v) is 3.15. The van der Waals surface area contributed by atoms with Crippen LogP contribution >= 0.6 is 0 Å². The summed E-state index contributed by atoms with van der Waals surface area (Å²) < 4.78 is 0. The molecule has 1 amide bonds. The van der Waals surface area contributed by atoms with Gasteiger partial charge in [0.2, 0.25) is 0 Å². The minimum absolute atomic E-state index is 0.0971. The van der Waals surface area contributed by atoms with Gasteiger partial charge < -0.3 is 10.6 Å². The van der Waals surface area contributed by atoms with Gasteiger partial charge in [0.05, 0.1) is 0 Å². The van der Waals surface area contributed by atoms with Gasteiger partial charge in [0, 0.05) is 25.0 Å². The molecule has 4 heteroatoms. The quantitative estimate of drug-likeness (QED) is 0.708. The van der Waals surface area contributed by atoms with Crippen molar-refractivity contribution >= 4 is 11.6 Å². The van der Waals surface area contributed by atoms with Gasteiger partial charge in [-0.1, -0.05) is 32.6 Å². The number of nitrogens with one attached hydrogen (secondary N) is 2. The predicted molar refractivity (Wildman–Crippen MR) is 79.5 cm³/mol. The van der Waals surface area contributed by atoms with Crippen LogP contribution in [0.3, 0.4) is 0 Å². The highest BCUT2D eigenvalue weighted by Gasteiger charge is 2.11. The molecular formula is C15H25N3O. The summed E-state index contributed by atoms with van der Waals surface area (Å²) in [5.74, 6) is -0.0971. The molecule has 0 aliphatic heterocycles. The lowest BCUT2D eigenvalue weighted by atomic mass is 10.1. The van der Waals surface area contributed by atoms with E-state index in [1.807, 2.05) is 20.0 Å². The summed E-state index contributed by atoms with van der Waals surface area (Å²) in [5.41, 5.74) is 1.36. The highest BCUT2D eigenvalue weighted by molar-refractivity contribution is 5.93. The van der Waals surface area contributed by atoms with Crippen molar-refractivity contribution in [2.75, 3.05) is 12.4 Å². The summed E-state index contributed by atoms with van der Waals surface area (Å²) in [4.78, 5) is 16.1. The summed E-state index contributed by atoms with van der Waals surface area (Å²) in [6.45, 7) is 4.25. The van der Waals surface area contributed by atoms with E-state index in [9.17, 15) is 4.79 Å². The van der Waals surface area contributed by atoms with Crippen molar-refractivity contribution in [2.24, 2.45) is 0 Å². The largest absolute Gasteiger partial charge is 0.388 e. The Labute approximate surface area is 116 Å². The third kappa shape index (κ3) is 5.73. The number of rotatable bonds is 8. The van der Waals surface area contributed by atoms with E-state index >= 15 is 0 Å². The van der Waals surface area contributed by atoms with Crippen molar-refractivity contribution < 1.29 is 4.79 Å². The molecule has 0 radical (unpaired) electrons. The number of anilines is 1. The van der Waals surface area contributed by atoms with Gasteiger partial charge in [0.15, 0.2) is 0 Å². The molecule has 1 aromatic rings. The van der Waals surface area contributed by atoms with Gasteiger partial charge in [0.1, 0.15) is 5.69 Å². The molecule has 0 bridgehead atoms. The second kappa shape index (κ2) is 8.51. The van der Waals surface area contributed by atoms with Gasteiger partial charge in [-0.3, -0.25) is 9.78 Å². The van der Waals surface area contributed by atoms with Crippen molar-refractivity contribution in [1.82, 2.24) is 10.3 Å². The fourth-order valence-electron chi connectivity index (χ4n) is 1.96. The van der Waals surface area contributed by atoms with E-state index in [1.165, 1.54) is 25.7 Å². The first-order chi connectivity index (χ1) is 9.17. The summed E-state index contributed by atoms with van der Waals surface area (Å²) in [6, 6.07) is 3.80. The molecule has 1 atom stereocenters. The molecule has 1 rings (SSSR count). The molecule has 1 aromatic heterocycles. The van der Waals surface area contributed by atoms with Crippen molar-refractivity contribution in [1.29, 1.82) is 0 Å². The first-order valence-corrected chi connectivity index (χ1v) is 7.12. The number of hydrogen-bond acceptors (Lipinski definition) is 3. The molecule has 0 saturated heterocycles. The molecule has 0 aliphatic carbocycles. The van der Waals surface area contributed by atoms with E-state index < -0.39 is 0 Å². The molecule has 1 unspecified atom stereocenters. The number of unbranched alkanes of at least 4 members (excludes halogenated alkanes) is 3. The van der Waals surface area contributed by atoms with Gasteiger partial charge in [-0.2, -0.15) is 0 Å². The number of carbonyl (C=O) groups excluding carboxylic acids is 1. The number of aromatic nitrogens is 1. The summed E-state index contributed by atoms with van der Waals surface area (Å²) in [6.07, 6.45) is 7.58. The lowest BCUT2D eigenvalue weighted by Gasteiger charge is -2.13. The Morgan fingerprint density at radius 1 is 1.37 bits per heavy atom. The van der Waals surface area contributed by atoms with Crippen LogP contribution in [0.25, 0.3) is 0 Å². The molecular weight excluding hydrogens is 238 g/mol. The molecule has 0 aromatic carbocycles. The highest BCUT2D eigenvalue weighted by Crippen LogP contribution is 2.08. The van der Waals surface area contributed by atoms with Crippen LogP contribution in [0.15, 0.2) is 18.3 Å². The third-order valence-electron chi connectivity index (χ3n) is 3.15. The topological polar surface area (TPSA) is 54.0 Å². The van der Waals surface area contributed by atoms with Crippen LogP contribution in [0.1, 0.15) is 56.4 Å². The van der Waals surface area contributed by atoms with Crippen LogP contribution in [-0.4, -0.2) is 24.0 Å². The van der Waals surface area contributed by atoms with Crippen molar-refractivity contribution in [3.8, 4) is 0 Å². The molecule has 1 heterocycles. The number of carbonyl (C=O) groups is 1. The maximum Gasteiger partial charge on any atom is 0.270 e. The first kappa shape index (κ1) is 15.5. The standard InChI is InChI=1S/C15H25N3O/c1-4-5-6-7-8-12(2)18-15(19)14-11-13(16-3)9-10-17-14/h9-12H,4-8H2,1-3H3,(H,16,17)(H,18,19). The monoisotopic (exact) mass is 263 g/mol. The molecule has 0 saturated carbocycles. The summed E-state index contributed by atoms with van der Waals surface area (Å²) in [7, 11) is 1.83. The molecule has 0 fully saturated rings. The normalized spacial score (nSPS) is 11.9. The first-order valence-electron chi connectivity index (χ1n) is 7.12. The zero-order chi connectivity index (χ0) is 14.1. The number of pyridine rings is 1. The molecule has 106 valence electrons. The second-order valence-corrected chi connectivity index (χ2v) is 4.90. The summed E-state index contributed by atoms with van der Waals surface area (Å²) in [5, 5.41) is 6.00. The SMILES string of the molecule is CCCCCCC(C)NC(=O)c1cc(NC)ccn1. The number of amides is 1.